The molecule has 1 heterocycles. The summed E-state index contributed by atoms with van der Waals surface area (Å²) in [4.78, 5) is 15.6. The first-order valence-corrected chi connectivity index (χ1v) is 7.22. The number of hydrogen-bond donors (Lipinski definition) is 2. The molecule has 0 radical (unpaired) electrons. The van der Waals surface area contributed by atoms with E-state index in [1.54, 1.807) is 30.3 Å². The maximum absolute atomic E-state index is 13.0. The molecule has 6 heteroatoms. The third-order valence-corrected chi connectivity index (χ3v) is 4.33. The molecule has 0 bridgehead atoms. The summed E-state index contributed by atoms with van der Waals surface area (Å²) in [5.41, 5.74) is 0.794. The van der Waals surface area contributed by atoms with Crippen LogP contribution in [0.3, 0.4) is 0 Å². The van der Waals surface area contributed by atoms with Crippen molar-refractivity contribution in [1.29, 1.82) is 0 Å². The molecular formula is C15H9ClFNO2S. The molecule has 0 saturated heterocycles. The number of carbonyl (C=O) groups is 1. The minimum Gasteiger partial charge on any atom is -0.477 e. The summed E-state index contributed by atoms with van der Waals surface area (Å²) in [6.07, 6.45) is 0. The predicted molar refractivity (Wildman–Crippen MR) is 80.8 cm³/mol. The average molecular weight is 322 g/mol. The molecule has 0 unspecified atom stereocenters. The number of aromatic carboxylic acids is 1. The number of aromatic nitrogens is 1. The summed E-state index contributed by atoms with van der Waals surface area (Å²) < 4.78 is 13.0. The van der Waals surface area contributed by atoms with Crippen LogP contribution in [0.25, 0.3) is 10.9 Å². The molecule has 0 aliphatic heterocycles. The molecule has 0 aliphatic rings. The van der Waals surface area contributed by atoms with Crippen molar-refractivity contribution in [2.24, 2.45) is 0 Å². The maximum atomic E-state index is 13.0. The molecule has 3 rings (SSSR count). The Kier molecular flexibility index (Phi) is 3.61. The van der Waals surface area contributed by atoms with Crippen LogP contribution in [0.4, 0.5) is 4.39 Å². The van der Waals surface area contributed by atoms with Gasteiger partial charge in [-0.05, 0) is 42.5 Å². The van der Waals surface area contributed by atoms with Crippen molar-refractivity contribution < 1.29 is 14.3 Å². The highest BCUT2D eigenvalue weighted by Gasteiger charge is 2.18. The Hall–Kier alpha value is -1.98. The Morgan fingerprint density at radius 2 is 1.90 bits per heavy atom. The highest BCUT2D eigenvalue weighted by molar-refractivity contribution is 7.99. The third kappa shape index (κ3) is 2.75. The fourth-order valence-corrected chi connectivity index (χ4v) is 3.22. The molecule has 3 aromatic rings. The van der Waals surface area contributed by atoms with E-state index in [-0.39, 0.29) is 11.5 Å². The van der Waals surface area contributed by atoms with Crippen molar-refractivity contribution in [3.8, 4) is 0 Å². The van der Waals surface area contributed by atoms with E-state index in [2.05, 4.69) is 4.98 Å². The second-order valence-corrected chi connectivity index (χ2v) is 5.90. The van der Waals surface area contributed by atoms with E-state index >= 15 is 0 Å². The first-order valence-electron chi connectivity index (χ1n) is 6.02. The zero-order chi connectivity index (χ0) is 15.0. The van der Waals surface area contributed by atoms with Gasteiger partial charge in [-0.15, -0.1) is 0 Å². The Labute approximate surface area is 128 Å². The molecule has 21 heavy (non-hydrogen) atoms. The summed E-state index contributed by atoms with van der Waals surface area (Å²) >= 11 is 7.24. The van der Waals surface area contributed by atoms with Crippen LogP contribution in [-0.2, 0) is 0 Å². The largest absolute Gasteiger partial charge is 0.477 e. The zero-order valence-corrected chi connectivity index (χ0v) is 12.1. The summed E-state index contributed by atoms with van der Waals surface area (Å²) in [6, 6.07) is 11.0. The number of nitrogens with one attached hydrogen (secondary N) is 1. The third-order valence-electron chi connectivity index (χ3n) is 2.96. The van der Waals surface area contributed by atoms with Crippen LogP contribution in [0.5, 0.6) is 0 Å². The Bertz CT molecular complexity index is 830. The number of rotatable bonds is 3. The fraction of sp³-hybridized carbons (Fsp3) is 0. The van der Waals surface area contributed by atoms with Crippen molar-refractivity contribution in [2.45, 2.75) is 9.79 Å². The van der Waals surface area contributed by atoms with Crippen molar-refractivity contribution in [2.75, 3.05) is 0 Å². The molecule has 0 saturated carbocycles. The zero-order valence-electron chi connectivity index (χ0n) is 10.6. The number of benzene rings is 2. The number of halogens is 2. The molecule has 1 aromatic heterocycles. The van der Waals surface area contributed by atoms with Crippen molar-refractivity contribution in [1.82, 2.24) is 4.98 Å². The van der Waals surface area contributed by atoms with E-state index < -0.39 is 5.97 Å². The first-order chi connectivity index (χ1) is 10.0. The molecule has 3 nitrogen and oxygen atoms in total. The Morgan fingerprint density at radius 3 is 2.57 bits per heavy atom. The lowest BCUT2D eigenvalue weighted by Gasteiger charge is -2.02. The summed E-state index contributed by atoms with van der Waals surface area (Å²) in [6.45, 7) is 0. The molecule has 0 aliphatic carbocycles. The van der Waals surface area contributed by atoms with E-state index in [1.165, 1.54) is 23.9 Å². The molecule has 2 aromatic carbocycles. The second-order valence-electron chi connectivity index (χ2n) is 4.38. The van der Waals surface area contributed by atoms with Crippen LogP contribution in [-0.4, -0.2) is 16.1 Å². The van der Waals surface area contributed by atoms with Gasteiger partial charge in [-0.2, -0.15) is 0 Å². The Balaban J connectivity index is 2.14. The molecular weight excluding hydrogens is 313 g/mol. The lowest BCUT2D eigenvalue weighted by atomic mass is 10.2. The predicted octanol–water partition coefficient (Wildman–Crippen LogP) is 4.81. The number of fused-ring (bicyclic) bond motifs is 1. The number of carboxylic acids is 1. The van der Waals surface area contributed by atoms with Crippen LogP contribution in [0.15, 0.2) is 52.3 Å². The SMILES string of the molecule is O=C(O)c1[nH]c2ccc(Cl)cc2c1Sc1ccc(F)cc1. The van der Waals surface area contributed by atoms with Gasteiger partial charge in [0.1, 0.15) is 11.5 Å². The smallest absolute Gasteiger partial charge is 0.353 e. The number of carboxylic acid groups (broad SMARTS) is 1. The quantitative estimate of drug-likeness (QED) is 0.728. The van der Waals surface area contributed by atoms with Crippen molar-refractivity contribution in [3.05, 3.63) is 59.0 Å². The van der Waals surface area contributed by atoms with Gasteiger partial charge in [-0.3, -0.25) is 0 Å². The summed E-state index contributed by atoms with van der Waals surface area (Å²) in [5.74, 6) is -1.38. The van der Waals surface area contributed by atoms with Crippen LogP contribution >= 0.6 is 23.4 Å². The van der Waals surface area contributed by atoms with E-state index in [0.717, 1.165) is 10.3 Å². The van der Waals surface area contributed by atoms with E-state index in [9.17, 15) is 14.3 Å². The van der Waals surface area contributed by atoms with Gasteiger partial charge in [-0.25, -0.2) is 9.18 Å². The van der Waals surface area contributed by atoms with Gasteiger partial charge >= 0.3 is 5.97 Å². The van der Waals surface area contributed by atoms with E-state index in [0.29, 0.717) is 15.4 Å². The van der Waals surface area contributed by atoms with Crippen LogP contribution in [0, 0.1) is 5.82 Å². The normalized spacial score (nSPS) is 11.0. The van der Waals surface area contributed by atoms with Gasteiger partial charge in [0.25, 0.3) is 0 Å². The monoisotopic (exact) mass is 321 g/mol. The van der Waals surface area contributed by atoms with Gasteiger partial charge < -0.3 is 10.1 Å². The van der Waals surface area contributed by atoms with Crippen LogP contribution in [0.2, 0.25) is 5.02 Å². The van der Waals surface area contributed by atoms with E-state index in [4.69, 9.17) is 11.6 Å². The van der Waals surface area contributed by atoms with Gasteiger partial charge in [0.2, 0.25) is 0 Å². The molecule has 0 amide bonds. The highest BCUT2D eigenvalue weighted by Crippen LogP contribution is 2.37. The van der Waals surface area contributed by atoms with Crippen molar-refractivity contribution in [3.63, 3.8) is 0 Å². The highest BCUT2D eigenvalue weighted by atomic mass is 35.5. The van der Waals surface area contributed by atoms with Crippen LogP contribution < -0.4 is 0 Å². The van der Waals surface area contributed by atoms with Gasteiger partial charge in [0.15, 0.2) is 0 Å². The topological polar surface area (TPSA) is 53.1 Å². The molecule has 0 fully saturated rings. The number of H-pyrrole nitrogens is 1. The minimum absolute atomic E-state index is 0.0987. The summed E-state index contributed by atoms with van der Waals surface area (Å²) in [7, 11) is 0. The molecule has 0 spiro atoms. The van der Waals surface area contributed by atoms with Crippen molar-refractivity contribution >= 4 is 40.2 Å². The minimum atomic E-state index is -1.05. The van der Waals surface area contributed by atoms with Gasteiger partial charge in [0.05, 0.1) is 4.90 Å². The van der Waals surface area contributed by atoms with Gasteiger partial charge in [0, 0.05) is 20.8 Å². The Morgan fingerprint density at radius 1 is 1.19 bits per heavy atom. The van der Waals surface area contributed by atoms with Crippen LogP contribution in [0.1, 0.15) is 10.5 Å². The first kappa shape index (κ1) is 14.0. The lowest BCUT2D eigenvalue weighted by molar-refractivity contribution is 0.0688. The molecule has 106 valence electrons. The number of hydrogen-bond acceptors (Lipinski definition) is 2. The van der Waals surface area contributed by atoms with E-state index in [1.807, 2.05) is 0 Å². The lowest BCUT2D eigenvalue weighted by Crippen LogP contribution is -1.97. The maximum Gasteiger partial charge on any atom is 0.353 e. The summed E-state index contributed by atoms with van der Waals surface area (Å²) in [5, 5.41) is 10.6. The van der Waals surface area contributed by atoms with Gasteiger partial charge in [-0.1, -0.05) is 23.4 Å². The fourth-order valence-electron chi connectivity index (χ4n) is 2.02. The average Bonchev–Trinajstić information content (AvgIpc) is 2.80. The standard InChI is InChI=1S/C15H9ClFNO2S/c16-8-1-6-12-11(7-8)14(13(18-12)15(19)20)21-10-4-2-9(17)3-5-10/h1-7,18H,(H,19,20). The second kappa shape index (κ2) is 5.42. The molecule has 2 N–H and O–H groups in total. The number of aromatic amines is 1. The molecule has 0 atom stereocenters.